The van der Waals surface area contributed by atoms with Crippen molar-refractivity contribution in [1.29, 1.82) is 0 Å². The predicted molar refractivity (Wildman–Crippen MR) is 76.8 cm³/mol. The van der Waals surface area contributed by atoms with Gasteiger partial charge in [-0.15, -0.1) is 12.3 Å². The van der Waals surface area contributed by atoms with E-state index in [1.807, 2.05) is 32.0 Å². The molecule has 0 atom stereocenters. The lowest BCUT2D eigenvalue weighted by molar-refractivity contribution is -0.122. The minimum atomic E-state index is -0.222. The van der Waals surface area contributed by atoms with E-state index in [0.717, 1.165) is 5.56 Å². The minimum absolute atomic E-state index is 0.0302. The molecule has 0 radical (unpaired) electrons. The van der Waals surface area contributed by atoms with Gasteiger partial charge in [-0.25, -0.2) is 0 Å². The normalized spacial score (nSPS) is 9.53. The number of benzene rings is 1. The predicted octanol–water partition coefficient (Wildman–Crippen LogP) is 2.73. The second-order valence-electron chi connectivity index (χ2n) is 4.39. The van der Waals surface area contributed by atoms with Crippen LogP contribution in [-0.2, 0) is 4.79 Å². The number of hydrogen-bond acceptors (Lipinski definition) is 2. The zero-order chi connectivity index (χ0) is 14.3. The maximum absolute atomic E-state index is 11.6. The largest absolute Gasteiger partial charge is 0.484 e. The Bertz CT molecular complexity index is 512. The van der Waals surface area contributed by atoms with Crippen LogP contribution in [0.25, 0.3) is 0 Å². The van der Waals surface area contributed by atoms with Gasteiger partial charge in [-0.3, -0.25) is 4.79 Å². The van der Waals surface area contributed by atoms with Gasteiger partial charge in [-0.1, -0.05) is 12.6 Å². The van der Waals surface area contributed by atoms with Crippen molar-refractivity contribution in [3.05, 3.63) is 41.6 Å². The molecule has 0 aliphatic heterocycles. The van der Waals surface area contributed by atoms with E-state index in [1.54, 1.807) is 0 Å². The Kier molecular flexibility index (Phi) is 5.69. The fraction of sp³-hybridized carbons (Fsp3) is 0.312. The first-order valence-electron chi connectivity index (χ1n) is 6.14. The number of carbonyl (C=O) groups excluding carboxylic acids is 1. The topological polar surface area (TPSA) is 38.3 Å². The van der Waals surface area contributed by atoms with Gasteiger partial charge in [0.05, 0.1) is 0 Å². The molecular weight excluding hydrogens is 238 g/mol. The van der Waals surface area contributed by atoms with E-state index in [2.05, 4.69) is 17.8 Å². The highest BCUT2D eigenvalue weighted by Gasteiger charge is 2.04. The average molecular weight is 257 g/mol. The maximum Gasteiger partial charge on any atom is 0.262 e. The van der Waals surface area contributed by atoms with Gasteiger partial charge in [0.15, 0.2) is 6.61 Å². The molecule has 1 N–H and O–H groups in total. The van der Waals surface area contributed by atoms with Gasteiger partial charge in [0.1, 0.15) is 5.75 Å². The Balaban J connectivity index is 2.40. The minimum Gasteiger partial charge on any atom is -0.484 e. The molecule has 0 fully saturated rings. The van der Waals surface area contributed by atoms with Crippen LogP contribution in [0.15, 0.2) is 30.5 Å². The van der Waals surface area contributed by atoms with Crippen LogP contribution in [0, 0.1) is 26.2 Å². The molecule has 100 valence electrons. The number of ether oxygens (including phenoxy) is 1. The van der Waals surface area contributed by atoms with Crippen molar-refractivity contribution in [3.63, 3.8) is 0 Å². The number of aryl methyl sites for hydroxylation is 2. The number of nitrogens with one attached hydrogen (secondary N) is 1. The fourth-order valence-corrected chi connectivity index (χ4v) is 1.47. The molecule has 0 aliphatic carbocycles. The molecular formula is C16H19NO2. The van der Waals surface area contributed by atoms with Crippen LogP contribution in [-0.4, -0.2) is 12.5 Å². The van der Waals surface area contributed by atoms with Gasteiger partial charge in [0.25, 0.3) is 5.91 Å². The van der Waals surface area contributed by atoms with Gasteiger partial charge < -0.3 is 10.1 Å². The van der Waals surface area contributed by atoms with E-state index in [4.69, 9.17) is 11.2 Å². The average Bonchev–Trinajstić information content (AvgIpc) is 2.38. The molecule has 0 saturated heterocycles. The van der Waals surface area contributed by atoms with Crippen LogP contribution in [0.4, 0.5) is 0 Å². The van der Waals surface area contributed by atoms with Gasteiger partial charge in [-0.05, 0) is 43.5 Å². The Morgan fingerprint density at radius 1 is 1.42 bits per heavy atom. The van der Waals surface area contributed by atoms with E-state index in [1.165, 1.54) is 5.56 Å². The molecule has 3 heteroatoms. The van der Waals surface area contributed by atoms with Crippen molar-refractivity contribution in [2.24, 2.45) is 0 Å². The monoisotopic (exact) mass is 257 g/mol. The van der Waals surface area contributed by atoms with Crippen molar-refractivity contribution in [1.82, 2.24) is 5.32 Å². The summed E-state index contributed by atoms with van der Waals surface area (Å²) in [5, 5.41) is 2.66. The van der Waals surface area contributed by atoms with E-state index in [-0.39, 0.29) is 12.5 Å². The molecule has 3 nitrogen and oxygen atoms in total. The van der Waals surface area contributed by atoms with Crippen molar-refractivity contribution in [2.45, 2.75) is 26.7 Å². The first kappa shape index (κ1) is 14.8. The Hall–Kier alpha value is -2.21. The van der Waals surface area contributed by atoms with Crippen LogP contribution in [0.2, 0.25) is 0 Å². The molecule has 0 spiro atoms. The number of allylic oxidation sites excluding steroid dienone is 1. The molecule has 0 unspecified atom stereocenters. The number of rotatable bonds is 6. The first-order chi connectivity index (χ1) is 9.02. The number of carbonyl (C=O) groups is 1. The molecule has 0 aliphatic rings. The van der Waals surface area contributed by atoms with Gasteiger partial charge in [0, 0.05) is 12.1 Å². The number of terminal acetylenes is 1. The quantitative estimate of drug-likeness (QED) is 0.796. The van der Waals surface area contributed by atoms with E-state index >= 15 is 0 Å². The zero-order valence-electron chi connectivity index (χ0n) is 11.5. The molecule has 0 bridgehead atoms. The van der Waals surface area contributed by atoms with Crippen molar-refractivity contribution in [3.8, 4) is 18.1 Å². The van der Waals surface area contributed by atoms with Crippen molar-refractivity contribution < 1.29 is 9.53 Å². The SMILES string of the molecule is C#CCCC(=C)NC(=O)COc1ccc(C)c(C)c1. The molecule has 0 saturated carbocycles. The molecule has 0 aromatic heterocycles. The summed E-state index contributed by atoms with van der Waals surface area (Å²) in [6.45, 7) is 7.73. The molecule has 1 aromatic carbocycles. The van der Waals surface area contributed by atoms with E-state index in [0.29, 0.717) is 24.3 Å². The number of amides is 1. The fourth-order valence-electron chi connectivity index (χ4n) is 1.47. The second kappa shape index (κ2) is 7.27. The molecule has 0 heterocycles. The van der Waals surface area contributed by atoms with Crippen molar-refractivity contribution >= 4 is 5.91 Å². The Morgan fingerprint density at radius 3 is 2.79 bits per heavy atom. The molecule has 19 heavy (non-hydrogen) atoms. The summed E-state index contributed by atoms with van der Waals surface area (Å²) >= 11 is 0. The zero-order valence-corrected chi connectivity index (χ0v) is 11.5. The summed E-state index contributed by atoms with van der Waals surface area (Å²) in [6, 6.07) is 5.73. The molecule has 1 aromatic rings. The lowest BCUT2D eigenvalue weighted by Gasteiger charge is -2.10. The van der Waals surface area contributed by atoms with Crippen molar-refractivity contribution in [2.75, 3.05) is 6.61 Å². The summed E-state index contributed by atoms with van der Waals surface area (Å²) in [4.78, 5) is 11.6. The van der Waals surface area contributed by atoms with E-state index < -0.39 is 0 Å². The van der Waals surface area contributed by atoms with Crippen LogP contribution < -0.4 is 10.1 Å². The number of hydrogen-bond donors (Lipinski definition) is 1. The van der Waals surface area contributed by atoms with Crippen LogP contribution in [0.1, 0.15) is 24.0 Å². The Labute approximate surface area is 114 Å². The van der Waals surface area contributed by atoms with Gasteiger partial charge in [-0.2, -0.15) is 0 Å². The third-order valence-electron chi connectivity index (χ3n) is 2.74. The highest BCUT2D eigenvalue weighted by molar-refractivity contribution is 5.79. The standard InChI is InChI=1S/C16H19NO2/c1-5-6-7-14(4)17-16(18)11-19-15-9-8-12(2)13(3)10-15/h1,8-10H,4,6-7,11H2,2-3H3,(H,17,18). The maximum atomic E-state index is 11.6. The van der Waals surface area contributed by atoms with Gasteiger partial charge in [0.2, 0.25) is 0 Å². The summed E-state index contributed by atoms with van der Waals surface area (Å²) in [5.41, 5.74) is 2.95. The lowest BCUT2D eigenvalue weighted by Crippen LogP contribution is -2.27. The molecule has 1 rings (SSSR count). The summed E-state index contributed by atoms with van der Waals surface area (Å²) in [7, 11) is 0. The summed E-state index contributed by atoms with van der Waals surface area (Å²) < 4.78 is 5.42. The first-order valence-corrected chi connectivity index (χ1v) is 6.14. The third-order valence-corrected chi connectivity index (χ3v) is 2.74. The summed E-state index contributed by atoms with van der Waals surface area (Å²) in [5.74, 6) is 2.96. The molecule has 1 amide bonds. The Morgan fingerprint density at radius 2 is 2.16 bits per heavy atom. The summed E-state index contributed by atoms with van der Waals surface area (Å²) in [6.07, 6.45) is 6.30. The highest BCUT2D eigenvalue weighted by Crippen LogP contribution is 2.16. The second-order valence-corrected chi connectivity index (χ2v) is 4.39. The third kappa shape index (κ3) is 5.31. The van der Waals surface area contributed by atoms with E-state index in [9.17, 15) is 4.79 Å². The lowest BCUT2D eigenvalue weighted by atomic mass is 10.1. The smallest absolute Gasteiger partial charge is 0.262 e. The van der Waals surface area contributed by atoms with Gasteiger partial charge >= 0.3 is 0 Å². The van der Waals surface area contributed by atoms with Crippen LogP contribution in [0.5, 0.6) is 5.75 Å². The van der Waals surface area contributed by atoms with Crippen LogP contribution >= 0.6 is 0 Å². The van der Waals surface area contributed by atoms with Crippen LogP contribution in [0.3, 0.4) is 0 Å². The highest BCUT2D eigenvalue weighted by atomic mass is 16.5.